The summed E-state index contributed by atoms with van der Waals surface area (Å²) in [7, 11) is 0. The van der Waals surface area contributed by atoms with Crippen LogP contribution in [0, 0.1) is 0 Å². The van der Waals surface area contributed by atoms with Crippen LogP contribution in [-0.4, -0.2) is 69.0 Å². The summed E-state index contributed by atoms with van der Waals surface area (Å²) in [5.74, 6) is -0.884. The predicted octanol–water partition coefficient (Wildman–Crippen LogP) is 1.19. The van der Waals surface area contributed by atoms with Gasteiger partial charge in [0, 0.05) is 10.7 Å². The van der Waals surface area contributed by atoms with Crippen molar-refractivity contribution in [3.8, 4) is 0 Å². The van der Waals surface area contributed by atoms with Gasteiger partial charge < -0.3 is 10.4 Å². The zero-order valence-corrected chi connectivity index (χ0v) is 7.01. The summed E-state index contributed by atoms with van der Waals surface area (Å²) in [5.41, 5.74) is 0.752. The molecule has 0 bridgehead atoms. The van der Waals surface area contributed by atoms with Crippen LogP contribution in [0.25, 0.3) is 0 Å². The Hall–Kier alpha value is 0.416. The summed E-state index contributed by atoms with van der Waals surface area (Å²) in [4.78, 5) is 10.2. The number of nitrogens with one attached hydrogen (secondary N) is 1. The van der Waals surface area contributed by atoms with Crippen LogP contribution in [-0.2, 0) is 4.79 Å². The van der Waals surface area contributed by atoms with Crippen molar-refractivity contribution in [1.82, 2.24) is 0 Å². The maximum atomic E-state index is 10.2. The van der Waals surface area contributed by atoms with Gasteiger partial charge in [-0.2, -0.15) is 0 Å². The van der Waals surface area contributed by atoms with Crippen molar-refractivity contribution >= 4 is 74.6 Å². The number of carboxylic acid groups (broad SMARTS) is 1. The molecule has 0 aliphatic carbocycles. The summed E-state index contributed by atoms with van der Waals surface area (Å²) < 4.78 is 0. The topological polar surface area (TPSA) is 49.3 Å². The molecule has 0 atom stereocenters. The second-order valence-electron chi connectivity index (χ2n) is 2.25. The number of rotatable bonds is 3. The number of benzene rings is 1. The van der Waals surface area contributed by atoms with Crippen molar-refractivity contribution in [2.24, 2.45) is 0 Å². The molecule has 0 fully saturated rings. The van der Waals surface area contributed by atoms with Gasteiger partial charge in [0.1, 0.15) is 6.54 Å². The molecule has 0 saturated heterocycles. The van der Waals surface area contributed by atoms with E-state index >= 15 is 0 Å². The Balaban J connectivity index is 0.00000144. The quantitative estimate of drug-likeness (QED) is 0.760. The first-order chi connectivity index (χ1) is 5.68. The fourth-order valence-corrected chi connectivity index (χ4v) is 0.871. The van der Waals surface area contributed by atoms with E-state index in [0.717, 1.165) is 5.69 Å². The molecule has 1 aromatic carbocycles. The van der Waals surface area contributed by atoms with Crippen LogP contribution in [0.15, 0.2) is 24.3 Å². The van der Waals surface area contributed by atoms with E-state index in [1.165, 1.54) is 0 Å². The molecular formula is C8H9ClKNO2. The molecule has 0 amide bonds. The first-order valence-corrected chi connectivity index (χ1v) is 3.77. The van der Waals surface area contributed by atoms with Crippen LogP contribution >= 0.6 is 11.6 Å². The molecular weight excluding hydrogens is 217 g/mol. The van der Waals surface area contributed by atoms with Crippen molar-refractivity contribution < 1.29 is 9.90 Å². The van der Waals surface area contributed by atoms with Crippen LogP contribution in [0.2, 0.25) is 5.02 Å². The van der Waals surface area contributed by atoms with E-state index in [2.05, 4.69) is 5.32 Å². The van der Waals surface area contributed by atoms with Gasteiger partial charge in [-0.15, -0.1) is 0 Å². The molecule has 0 unspecified atom stereocenters. The molecule has 0 aliphatic rings. The first-order valence-electron chi connectivity index (χ1n) is 3.40. The third-order valence-corrected chi connectivity index (χ3v) is 1.54. The molecule has 1 rings (SSSR count). The van der Waals surface area contributed by atoms with E-state index in [1.54, 1.807) is 24.3 Å². The molecule has 0 aliphatic heterocycles. The average molecular weight is 226 g/mol. The summed E-state index contributed by atoms with van der Waals surface area (Å²) in [6.07, 6.45) is 0. The number of carboxylic acids is 1. The van der Waals surface area contributed by atoms with Crippen molar-refractivity contribution in [3.05, 3.63) is 29.3 Å². The van der Waals surface area contributed by atoms with E-state index in [4.69, 9.17) is 16.7 Å². The Labute approximate surface area is 124 Å². The number of halogens is 1. The van der Waals surface area contributed by atoms with E-state index in [0.29, 0.717) is 5.02 Å². The van der Waals surface area contributed by atoms with Crippen molar-refractivity contribution in [2.45, 2.75) is 0 Å². The number of hydrogen-bond donors (Lipinski definition) is 2. The summed E-state index contributed by atoms with van der Waals surface area (Å²) in [5, 5.41) is 11.7. The fraction of sp³-hybridized carbons (Fsp3) is 0.125. The zero-order valence-electron chi connectivity index (χ0n) is 6.25. The Morgan fingerprint density at radius 2 is 1.92 bits per heavy atom. The molecule has 0 spiro atoms. The van der Waals surface area contributed by atoms with Gasteiger partial charge >= 0.3 is 57.4 Å². The van der Waals surface area contributed by atoms with Crippen molar-refractivity contribution in [1.29, 1.82) is 0 Å². The molecule has 0 saturated carbocycles. The van der Waals surface area contributed by atoms with Crippen LogP contribution in [0.1, 0.15) is 0 Å². The molecule has 0 heterocycles. The van der Waals surface area contributed by atoms with Gasteiger partial charge in [0.05, 0.1) is 0 Å². The van der Waals surface area contributed by atoms with Gasteiger partial charge in [0.2, 0.25) is 0 Å². The molecule has 13 heavy (non-hydrogen) atoms. The Morgan fingerprint density at radius 1 is 1.38 bits per heavy atom. The Bertz CT molecular complexity index is 276. The third kappa shape index (κ3) is 5.67. The first kappa shape index (κ1) is 13.4. The molecule has 3 nitrogen and oxygen atoms in total. The van der Waals surface area contributed by atoms with Crippen LogP contribution in [0.5, 0.6) is 0 Å². The van der Waals surface area contributed by atoms with E-state index < -0.39 is 5.97 Å². The van der Waals surface area contributed by atoms with Crippen LogP contribution < -0.4 is 5.32 Å². The van der Waals surface area contributed by atoms with Gasteiger partial charge in [0.25, 0.3) is 0 Å². The average Bonchev–Trinajstić information content (AvgIpc) is 2.03. The molecule has 0 radical (unpaired) electrons. The van der Waals surface area contributed by atoms with Crippen LogP contribution in [0.4, 0.5) is 5.69 Å². The molecule has 0 aromatic heterocycles. The normalized spacial score (nSPS) is 8.69. The van der Waals surface area contributed by atoms with Gasteiger partial charge in [-0.1, -0.05) is 11.6 Å². The standard InChI is InChI=1S/C8H8ClNO2.K.H/c9-6-1-3-7(4-2-6)10-5-8(11)12;;/h1-4,10H,5H2,(H,11,12);;. The van der Waals surface area contributed by atoms with Crippen molar-refractivity contribution in [2.75, 3.05) is 11.9 Å². The van der Waals surface area contributed by atoms with Gasteiger partial charge in [-0.05, 0) is 24.3 Å². The zero-order chi connectivity index (χ0) is 8.97. The minimum atomic E-state index is -0.884. The number of hydrogen-bond acceptors (Lipinski definition) is 2. The number of aliphatic carboxylic acids is 1. The monoisotopic (exact) mass is 225 g/mol. The van der Waals surface area contributed by atoms with E-state index in [9.17, 15) is 4.79 Å². The Morgan fingerprint density at radius 3 is 2.38 bits per heavy atom. The van der Waals surface area contributed by atoms with Crippen LogP contribution in [0.3, 0.4) is 0 Å². The third-order valence-electron chi connectivity index (χ3n) is 1.29. The number of anilines is 1. The molecule has 2 N–H and O–H groups in total. The summed E-state index contributed by atoms with van der Waals surface area (Å²) in [6.45, 7) is -0.0817. The Kier molecular flexibility index (Phi) is 7.03. The minimum absolute atomic E-state index is 0. The van der Waals surface area contributed by atoms with E-state index in [1.807, 2.05) is 0 Å². The number of carbonyl (C=O) groups is 1. The predicted molar refractivity (Wildman–Crippen MR) is 54.7 cm³/mol. The van der Waals surface area contributed by atoms with E-state index in [-0.39, 0.29) is 57.9 Å². The summed E-state index contributed by atoms with van der Waals surface area (Å²) in [6, 6.07) is 6.86. The second kappa shape index (κ2) is 6.81. The van der Waals surface area contributed by atoms with Gasteiger partial charge in [0.15, 0.2) is 0 Å². The maximum absolute atomic E-state index is 10.2. The van der Waals surface area contributed by atoms with Gasteiger partial charge in [-0.25, -0.2) is 0 Å². The fourth-order valence-electron chi connectivity index (χ4n) is 0.745. The SMILES string of the molecule is O=C(O)CNc1ccc(Cl)cc1.[KH]. The van der Waals surface area contributed by atoms with Crippen molar-refractivity contribution in [3.63, 3.8) is 0 Å². The second-order valence-corrected chi connectivity index (χ2v) is 2.69. The van der Waals surface area contributed by atoms with Gasteiger partial charge in [-0.3, -0.25) is 4.79 Å². The molecule has 5 heteroatoms. The summed E-state index contributed by atoms with van der Waals surface area (Å²) >= 11 is 5.63. The molecule has 1 aromatic rings. The molecule has 66 valence electrons.